The molecule has 13 heavy (non-hydrogen) atoms. The Kier molecular flexibility index (Phi) is 3.26. The van der Waals surface area contributed by atoms with Crippen molar-refractivity contribution in [1.29, 1.82) is 0 Å². The van der Waals surface area contributed by atoms with Gasteiger partial charge in [0.05, 0.1) is 6.42 Å². The second kappa shape index (κ2) is 4.45. The smallest absolute Gasteiger partial charge is 0.307 e. The number of hydrogen-bond acceptors (Lipinski definition) is 1. The highest BCUT2D eigenvalue weighted by Gasteiger charge is 2.04. The van der Waals surface area contributed by atoms with Crippen LogP contribution in [0.2, 0.25) is 0 Å². The van der Waals surface area contributed by atoms with Crippen LogP contribution in [-0.2, 0) is 4.79 Å². The lowest BCUT2D eigenvalue weighted by molar-refractivity contribution is -0.135. The lowest BCUT2D eigenvalue weighted by Crippen LogP contribution is -1.96. The molecule has 0 aliphatic carbocycles. The van der Waals surface area contributed by atoms with Crippen molar-refractivity contribution in [3.05, 3.63) is 42.0 Å². The SMILES string of the molecule is CC=C(CC(=O)O)c1ccccc1. The molecule has 0 radical (unpaired) electrons. The summed E-state index contributed by atoms with van der Waals surface area (Å²) in [6.07, 6.45) is 1.92. The van der Waals surface area contributed by atoms with Gasteiger partial charge in [0.1, 0.15) is 0 Å². The molecule has 2 heteroatoms. The molecule has 1 N–H and O–H groups in total. The fourth-order valence-electron chi connectivity index (χ4n) is 1.19. The molecule has 0 heterocycles. The monoisotopic (exact) mass is 176 g/mol. The molecule has 0 saturated carbocycles. The molecule has 0 saturated heterocycles. The summed E-state index contributed by atoms with van der Waals surface area (Å²) in [5.41, 5.74) is 1.83. The van der Waals surface area contributed by atoms with Crippen LogP contribution in [0.15, 0.2) is 36.4 Å². The minimum atomic E-state index is -0.794. The van der Waals surface area contributed by atoms with Gasteiger partial charge in [-0.25, -0.2) is 0 Å². The fraction of sp³-hybridized carbons (Fsp3) is 0.182. The van der Waals surface area contributed by atoms with E-state index in [4.69, 9.17) is 5.11 Å². The van der Waals surface area contributed by atoms with Gasteiger partial charge in [0.15, 0.2) is 0 Å². The largest absolute Gasteiger partial charge is 0.481 e. The van der Waals surface area contributed by atoms with Gasteiger partial charge in [-0.3, -0.25) is 4.79 Å². The molecule has 1 aromatic rings. The lowest BCUT2D eigenvalue weighted by atomic mass is 10.0. The highest BCUT2D eigenvalue weighted by Crippen LogP contribution is 2.17. The average molecular weight is 176 g/mol. The van der Waals surface area contributed by atoms with E-state index in [0.717, 1.165) is 11.1 Å². The quantitative estimate of drug-likeness (QED) is 0.768. The maximum Gasteiger partial charge on any atom is 0.307 e. The number of rotatable bonds is 3. The van der Waals surface area contributed by atoms with Gasteiger partial charge in [0.2, 0.25) is 0 Å². The zero-order chi connectivity index (χ0) is 9.68. The molecule has 0 aliphatic rings. The Hall–Kier alpha value is -1.57. The standard InChI is InChI=1S/C11H12O2/c1-2-9(8-11(12)13)10-6-4-3-5-7-10/h2-7H,8H2,1H3,(H,12,13). The maximum atomic E-state index is 10.5. The highest BCUT2D eigenvalue weighted by atomic mass is 16.4. The lowest BCUT2D eigenvalue weighted by Gasteiger charge is -2.02. The molecule has 0 spiro atoms. The van der Waals surface area contributed by atoms with Crippen molar-refractivity contribution >= 4 is 11.5 Å². The van der Waals surface area contributed by atoms with Crippen molar-refractivity contribution in [3.8, 4) is 0 Å². The summed E-state index contributed by atoms with van der Waals surface area (Å²) in [7, 11) is 0. The van der Waals surface area contributed by atoms with Crippen LogP contribution in [0, 0.1) is 0 Å². The van der Waals surface area contributed by atoms with Crippen molar-refractivity contribution in [1.82, 2.24) is 0 Å². The van der Waals surface area contributed by atoms with E-state index in [1.165, 1.54) is 0 Å². The molecule has 1 aromatic carbocycles. The first-order chi connectivity index (χ1) is 6.24. The first-order valence-electron chi connectivity index (χ1n) is 4.16. The predicted molar refractivity (Wildman–Crippen MR) is 52.3 cm³/mol. The van der Waals surface area contributed by atoms with Crippen LogP contribution in [0.25, 0.3) is 5.57 Å². The third-order valence-corrected chi connectivity index (χ3v) is 1.83. The topological polar surface area (TPSA) is 37.3 Å². The van der Waals surface area contributed by atoms with Crippen molar-refractivity contribution in [2.24, 2.45) is 0 Å². The first kappa shape index (κ1) is 9.52. The molecule has 1 rings (SSSR count). The average Bonchev–Trinajstić information content (AvgIpc) is 2.15. The molecule has 0 amide bonds. The summed E-state index contributed by atoms with van der Waals surface area (Å²) in [6.45, 7) is 1.85. The third kappa shape index (κ3) is 2.75. The summed E-state index contributed by atoms with van der Waals surface area (Å²) >= 11 is 0. The van der Waals surface area contributed by atoms with Crippen molar-refractivity contribution in [2.45, 2.75) is 13.3 Å². The molecular weight excluding hydrogens is 164 g/mol. The van der Waals surface area contributed by atoms with Crippen LogP contribution in [0.3, 0.4) is 0 Å². The van der Waals surface area contributed by atoms with E-state index in [1.807, 2.05) is 43.3 Å². The third-order valence-electron chi connectivity index (χ3n) is 1.83. The van der Waals surface area contributed by atoms with Crippen LogP contribution in [0.1, 0.15) is 18.9 Å². The Morgan fingerprint density at radius 3 is 2.46 bits per heavy atom. The van der Waals surface area contributed by atoms with Gasteiger partial charge in [-0.05, 0) is 18.1 Å². The van der Waals surface area contributed by atoms with Crippen molar-refractivity contribution < 1.29 is 9.90 Å². The number of carboxylic acids is 1. The first-order valence-corrected chi connectivity index (χ1v) is 4.16. The maximum absolute atomic E-state index is 10.5. The molecule has 0 atom stereocenters. The van der Waals surface area contributed by atoms with Gasteiger partial charge >= 0.3 is 5.97 Å². The van der Waals surface area contributed by atoms with Gasteiger partial charge in [0.25, 0.3) is 0 Å². The van der Waals surface area contributed by atoms with Crippen LogP contribution >= 0.6 is 0 Å². The molecule has 0 bridgehead atoms. The van der Waals surface area contributed by atoms with E-state index in [0.29, 0.717) is 0 Å². The minimum Gasteiger partial charge on any atom is -0.481 e. The van der Waals surface area contributed by atoms with Crippen LogP contribution in [0.5, 0.6) is 0 Å². The Labute approximate surface area is 77.5 Å². The van der Waals surface area contributed by atoms with Crippen molar-refractivity contribution in [3.63, 3.8) is 0 Å². The Balaban J connectivity index is 2.86. The molecule has 2 nitrogen and oxygen atoms in total. The number of hydrogen-bond donors (Lipinski definition) is 1. The van der Waals surface area contributed by atoms with Gasteiger partial charge in [-0.1, -0.05) is 36.4 Å². The zero-order valence-corrected chi connectivity index (χ0v) is 7.53. The van der Waals surface area contributed by atoms with E-state index >= 15 is 0 Å². The molecule has 0 aliphatic heterocycles. The van der Waals surface area contributed by atoms with Crippen molar-refractivity contribution in [2.75, 3.05) is 0 Å². The molecular formula is C11H12O2. The second-order valence-corrected chi connectivity index (χ2v) is 2.75. The van der Waals surface area contributed by atoms with Gasteiger partial charge in [-0.2, -0.15) is 0 Å². The number of benzene rings is 1. The van der Waals surface area contributed by atoms with Crippen LogP contribution < -0.4 is 0 Å². The van der Waals surface area contributed by atoms with E-state index in [-0.39, 0.29) is 6.42 Å². The van der Waals surface area contributed by atoms with Crippen LogP contribution in [0.4, 0.5) is 0 Å². The van der Waals surface area contributed by atoms with Crippen LogP contribution in [-0.4, -0.2) is 11.1 Å². The Morgan fingerprint density at radius 2 is 2.00 bits per heavy atom. The predicted octanol–water partition coefficient (Wildman–Crippen LogP) is 2.56. The molecule has 0 fully saturated rings. The summed E-state index contributed by atoms with van der Waals surface area (Å²) in [5, 5.41) is 8.64. The number of carboxylic acid groups (broad SMARTS) is 1. The number of allylic oxidation sites excluding steroid dienone is 1. The molecule has 0 aromatic heterocycles. The Bertz CT molecular complexity index is 312. The van der Waals surface area contributed by atoms with Gasteiger partial charge in [0, 0.05) is 0 Å². The summed E-state index contributed by atoms with van der Waals surface area (Å²) in [5.74, 6) is -0.794. The number of aliphatic carboxylic acids is 1. The van der Waals surface area contributed by atoms with E-state index in [1.54, 1.807) is 0 Å². The zero-order valence-electron chi connectivity index (χ0n) is 7.53. The summed E-state index contributed by atoms with van der Waals surface area (Å²) in [4.78, 5) is 10.5. The highest BCUT2D eigenvalue weighted by molar-refractivity contribution is 5.83. The Morgan fingerprint density at radius 1 is 1.38 bits per heavy atom. The minimum absolute atomic E-state index is 0.0838. The summed E-state index contributed by atoms with van der Waals surface area (Å²) < 4.78 is 0. The summed E-state index contributed by atoms with van der Waals surface area (Å²) in [6, 6.07) is 9.55. The van der Waals surface area contributed by atoms with E-state index in [9.17, 15) is 4.79 Å². The fourth-order valence-corrected chi connectivity index (χ4v) is 1.19. The normalized spacial score (nSPS) is 11.3. The molecule has 0 unspecified atom stereocenters. The number of carbonyl (C=O) groups is 1. The second-order valence-electron chi connectivity index (χ2n) is 2.75. The van der Waals surface area contributed by atoms with Gasteiger partial charge < -0.3 is 5.11 Å². The molecule has 68 valence electrons. The van der Waals surface area contributed by atoms with E-state index < -0.39 is 5.97 Å². The van der Waals surface area contributed by atoms with E-state index in [2.05, 4.69) is 0 Å². The van der Waals surface area contributed by atoms with Gasteiger partial charge in [-0.15, -0.1) is 0 Å².